The number of carbonyl (C=O) groups excluding carboxylic acids is 1. The minimum Gasteiger partial charge on any atom is -0.508 e. The Hall–Kier alpha value is -1.51. The van der Waals surface area contributed by atoms with Crippen molar-refractivity contribution in [2.45, 2.75) is 39.0 Å². The van der Waals surface area contributed by atoms with Crippen LogP contribution in [0.25, 0.3) is 0 Å². The van der Waals surface area contributed by atoms with E-state index in [-0.39, 0.29) is 11.7 Å². The van der Waals surface area contributed by atoms with Crippen LogP contribution >= 0.6 is 0 Å². The summed E-state index contributed by atoms with van der Waals surface area (Å²) in [7, 11) is 0. The largest absolute Gasteiger partial charge is 0.508 e. The van der Waals surface area contributed by atoms with Gasteiger partial charge >= 0.3 is 0 Å². The van der Waals surface area contributed by atoms with Gasteiger partial charge in [-0.1, -0.05) is 12.5 Å². The van der Waals surface area contributed by atoms with E-state index < -0.39 is 0 Å². The number of rotatable bonds is 4. The van der Waals surface area contributed by atoms with E-state index in [4.69, 9.17) is 0 Å². The summed E-state index contributed by atoms with van der Waals surface area (Å²) in [5, 5.41) is 9.57. The number of anilines is 1. The molecule has 1 amide bonds. The van der Waals surface area contributed by atoms with Gasteiger partial charge in [-0.15, -0.1) is 0 Å². The first-order chi connectivity index (χ1) is 9.67. The van der Waals surface area contributed by atoms with Crippen LogP contribution in [0.3, 0.4) is 0 Å². The van der Waals surface area contributed by atoms with Gasteiger partial charge in [-0.2, -0.15) is 0 Å². The molecular formula is C17H23NO2. The number of aromatic hydroxyl groups is 1. The molecule has 0 aromatic heterocycles. The molecule has 2 fully saturated rings. The Bertz CT molecular complexity index is 500. The second kappa shape index (κ2) is 5.47. The summed E-state index contributed by atoms with van der Waals surface area (Å²) >= 11 is 0. The molecule has 20 heavy (non-hydrogen) atoms. The van der Waals surface area contributed by atoms with Crippen LogP contribution in [0.5, 0.6) is 5.75 Å². The van der Waals surface area contributed by atoms with Crippen LogP contribution in [0.15, 0.2) is 24.3 Å². The van der Waals surface area contributed by atoms with Crippen molar-refractivity contribution in [3.05, 3.63) is 24.3 Å². The number of carbonyl (C=O) groups is 1. The van der Waals surface area contributed by atoms with E-state index in [1.54, 1.807) is 23.1 Å². The van der Waals surface area contributed by atoms with Crippen molar-refractivity contribution < 1.29 is 9.90 Å². The molecule has 2 bridgehead atoms. The second-order valence-electron chi connectivity index (χ2n) is 6.30. The van der Waals surface area contributed by atoms with Crippen molar-refractivity contribution >= 4 is 11.6 Å². The summed E-state index contributed by atoms with van der Waals surface area (Å²) in [5.74, 6) is 2.68. The molecule has 0 spiro atoms. The summed E-state index contributed by atoms with van der Waals surface area (Å²) in [5.41, 5.74) is 0.806. The summed E-state index contributed by atoms with van der Waals surface area (Å²) in [6.45, 7) is 2.64. The SMILES string of the molecule is CCN(C(=O)CC1CC2CCC1C2)c1cccc(O)c1. The van der Waals surface area contributed by atoms with Crippen molar-refractivity contribution in [3.8, 4) is 5.75 Å². The Labute approximate surface area is 120 Å². The molecule has 3 unspecified atom stereocenters. The maximum absolute atomic E-state index is 12.6. The average Bonchev–Trinajstić information content (AvgIpc) is 3.02. The molecule has 2 aliphatic carbocycles. The highest BCUT2D eigenvalue weighted by atomic mass is 16.3. The lowest BCUT2D eigenvalue weighted by Gasteiger charge is -2.26. The summed E-state index contributed by atoms with van der Waals surface area (Å²) in [4.78, 5) is 14.4. The van der Waals surface area contributed by atoms with Crippen LogP contribution in [0.4, 0.5) is 5.69 Å². The molecule has 0 radical (unpaired) electrons. The highest BCUT2D eigenvalue weighted by molar-refractivity contribution is 5.93. The zero-order valence-electron chi connectivity index (χ0n) is 12.1. The molecular weight excluding hydrogens is 250 g/mol. The van der Waals surface area contributed by atoms with E-state index in [0.29, 0.717) is 18.9 Å². The predicted octanol–water partition coefficient (Wildman–Crippen LogP) is 3.57. The van der Waals surface area contributed by atoms with Gasteiger partial charge in [-0.05, 0) is 56.1 Å². The van der Waals surface area contributed by atoms with E-state index in [1.165, 1.54) is 25.7 Å². The lowest BCUT2D eigenvalue weighted by molar-refractivity contribution is -0.119. The normalized spacial score (nSPS) is 27.8. The minimum atomic E-state index is 0.204. The van der Waals surface area contributed by atoms with E-state index in [9.17, 15) is 9.90 Å². The van der Waals surface area contributed by atoms with Gasteiger partial charge < -0.3 is 10.0 Å². The van der Waals surface area contributed by atoms with Crippen LogP contribution in [-0.4, -0.2) is 17.6 Å². The fourth-order valence-electron chi connectivity index (χ4n) is 4.12. The topological polar surface area (TPSA) is 40.5 Å². The molecule has 3 atom stereocenters. The predicted molar refractivity (Wildman–Crippen MR) is 79.7 cm³/mol. The Morgan fingerprint density at radius 2 is 2.20 bits per heavy atom. The molecule has 0 saturated heterocycles. The maximum atomic E-state index is 12.6. The van der Waals surface area contributed by atoms with Crippen molar-refractivity contribution in [1.29, 1.82) is 0 Å². The molecule has 1 aromatic rings. The monoisotopic (exact) mass is 273 g/mol. The standard InChI is InChI=1S/C17H23NO2/c1-2-18(15-4-3-5-16(19)11-15)17(20)10-14-9-12-6-7-13(14)8-12/h3-5,11-14,19H,2,6-10H2,1H3. The van der Waals surface area contributed by atoms with Crippen LogP contribution in [0.1, 0.15) is 39.0 Å². The fraction of sp³-hybridized carbons (Fsp3) is 0.588. The molecule has 3 rings (SSSR count). The number of phenols is 1. The molecule has 108 valence electrons. The van der Waals surface area contributed by atoms with Crippen LogP contribution in [-0.2, 0) is 4.79 Å². The Kier molecular flexibility index (Phi) is 3.68. The van der Waals surface area contributed by atoms with E-state index in [2.05, 4.69) is 0 Å². The highest BCUT2D eigenvalue weighted by Gasteiger charge is 2.40. The molecule has 3 nitrogen and oxygen atoms in total. The number of phenolic OH excluding ortho intramolecular Hbond substituents is 1. The van der Waals surface area contributed by atoms with Crippen molar-refractivity contribution in [3.63, 3.8) is 0 Å². The molecule has 0 heterocycles. The van der Waals surface area contributed by atoms with Gasteiger partial charge in [0.25, 0.3) is 0 Å². The number of nitrogens with zero attached hydrogens (tertiary/aromatic N) is 1. The highest BCUT2D eigenvalue weighted by Crippen LogP contribution is 2.49. The number of hydrogen-bond acceptors (Lipinski definition) is 2. The van der Waals surface area contributed by atoms with Gasteiger partial charge in [0, 0.05) is 24.7 Å². The zero-order chi connectivity index (χ0) is 14.1. The lowest BCUT2D eigenvalue weighted by Crippen LogP contribution is -2.33. The summed E-state index contributed by atoms with van der Waals surface area (Å²) in [6.07, 6.45) is 5.95. The van der Waals surface area contributed by atoms with Crippen LogP contribution in [0.2, 0.25) is 0 Å². The average molecular weight is 273 g/mol. The quantitative estimate of drug-likeness (QED) is 0.911. The molecule has 1 aromatic carbocycles. The molecule has 0 aliphatic heterocycles. The van der Waals surface area contributed by atoms with Gasteiger partial charge in [0.15, 0.2) is 0 Å². The van der Waals surface area contributed by atoms with Crippen LogP contribution < -0.4 is 4.90 Å². The lowest BCUT2D eigenvalue weighted by atomic mass is 9.86. The van der Waals surface area contributed by atoms with Crippen molar-refractivity contribution in [1.82, 2.24) is 0 Å². The Balaban J connectivity index is 1.68. The van der Waals surface area contributed by atoms with Gasteiger partial charge in [-0.25, -0.2) is 0 Å². The maximum Gasteiger partial charge on any atom is 0.227 e. The van der Waals surface area contributed by atoms with Gasteiger partial charge in [0.1, 0.15) is 5.75 Å². The van der Waals surface area contributed by atoms with Crippen LogP contribution in [0, 0.1) is 17.8 Å². The number of benzene rings is 1. The van der Waals surface area contributed by atoms with Crippen molar-refractivity contribution in [2.75, 3.05) is 11.4 Å². The third-order valence-electron chi connectivity index (χ3n) is 5.08. The molecule has 3 heteroatoms. The van der Waals surface area contributed by atoms with Gasteiger partial charge in [-0.3, -0.25) is 4.79 Å². The van der Waals surface area contributed by atoms with E-state index >= 15 is 0 Å². The number of hydrogen-bond donors (Lipinski definition) is 1. The Morgan fingerprint density at radius 3 is 2.80 bits per heavy atom. The van der Waals surface area contributed by atoms with Crippen molar-refractivity contribution in [2.24, 2.45) is 17.8 Å². The van der Waals surface area contributed by atoms with Gasteiger partial charge in [0.2, 0.25) is 5.91 Å². The Morgan fingerprint density at radius 1 is 1.35 bits per heavy atom. The first kappa shape index (κ1) is 13.5. The molecule has 1 N–H and O–H groups in total. The van der Waals surface area contributed by atoms with E-state index in [0.717, 1.165) is 17.5 Å². The third kappa shape index (κ3) is 2.54. The summed E-state index contributed by atoms with van der Waals surface area (Å²) in [6, 6.07) is 6.99. The molecule has 2 saturated carbocycles. The first-order valence-corrected chi connectivity index (χ1v) is 7.76. The van der Waals surface area contributed by atoms with E-state index in [1.807, 2.05) is 13.0 Å². The van der Waals surface area contributed by atoms with Gasteiger partial charge in [0.05, 0.1) is 0 Å². The fourth-order valence-corrected chi connectivity index (χ4v) is 4.12. The first-order valence-electron chi connectivity index (χ1n) is 7.76. The third-order valence-corrected chi connectivity index (χ3v) is 5.08. The number of fused-ring (bicyclic) bond motifs is 2. The second-order valence-corrected chi connectivity index (χ2v) is 6.30. The minimum absolute atomic E-state index is 0.204. The smallest absolute Gasteiger partial charge is 0.227 e. The zero-order valence-corrected chi connectivity index (χ0v) is 12.1. The summed E-state index contributed by atoms with van der Waals surface area (Å²) < 4.78 is 0. The molecule has 2 aliphatic rings. The number of amides is 1.